The third kappa shape index (κ3) is 6.02. The zero-order chi connectivity index (χ0) is 25.8. The summed E-state index contributed by atoms with van der Waals surface area (Å²) in [7, 11) is 0. The molecule has 35 heavy (non-hydrogen) atoms. The van der Waals surface area contributed by atoms with Gasteiger partial charge in [0.2, 0.25) is 5.82 Å². The summed E-state index contributed by atoms with van der Waals surface area (Å²) in [5.74, 6) is -1.89. The van der Waals surface area contributed by atoms with Crippen LogP contribution in [0.3, 0.4) is 0 Å². The van der Waals surface area contributed by atoms with Crippen molar-refractivity contribution in [3.8, 4) is 0 Å². The monoisotopic (exact) mass is 494 g/mol. The number of aliphatic hydroxyl groups excluding tert-OH is 1. The predicted octanol–water partition coefficient (Wildman–Crippen LogP) is 3.81. The molecule has 2 fully saturated rings. The summed E-state index contributed by atoms with van der Waals surface area (Å²) in [6, 6.07) is 0. The van der Waals surface area contributed by atoms with Crippen LogP contribution in [-0.4, -0.2) is 44.9 Å². The Kier molecular flexibility index (Phi) is 9.26. The van der Waals surface area contributed by atoms with E-state index in [2.05, 4.69) is 6.08 Å². The Balaban J connectivity index is 1.92. The molecule has 0 spiro atoms. The molecule has 3 rings (SSSR count). The maximum absolute atomic E-state index is 14.7. The van der Waals surface area contributed by atoms with Crippen LogP contribution >= 0.6 is 0 Å². The fourth-order valence-corrected chi connectivity index (χ4v) is 4.86. The molecule has 2 saturated heterocycles. The minimum atomic E-state index is -1.06. The van der Waals surface area contributed by atoms with E-state index in [0.717, 1.165) is 46.6 Å². The highest BCUT2D eigenvalue weighted by molar-refractivity contribution is 5.05. The number of fused-ring (bicyclic) bond motifs is 1. The highest BCUT2D eigenvalue weighted by Crippen LogP contribution is 2.46. The van der Waals surface area contributed by atoms with E-state index in [1.165, 1.54) is 5.57 Å². The molecule has 2 aliphatic rings. The molecule has 9 heteroatoms. The normalized spacial score (nSPS) is 25.6. The van der Waals surface area contributed by atoms with Crippen molar-refractivity contribution in [3.63, 3.8) is 0 Å². The first kappa shape index (κ1) is 27.5. The third-order valence-corrected chi connectivity index (χ3v) is 6.57. The average Bonchev–Trinajstić information content (AvgIpc) is 3.32. The summed E-state index contributed by atoms with van der Waals surface area (Å²) in [5.41, 5.74) is 0.540. The maximum atomic E-state index is 14.7. The van der Waals surface area contributed by atoms with Crippen molar-refractivity contribution >= 4 is 0 Å². The molecule has 8 nitrogen and oxygen atoms in total. The fraction of sp³-hybridized carbons (Fsp3) is 0.692. The standard InChI is InChI=1S/C26H39FN2O6/c1-6-12-26(13-7-2)34-21-20(16-30)33-24(22(21)35-26)29-15-19(27)23(31)28(25(29)32)14-11-18(5)10-8-9-17(3)4/h9,11,15,20-22,24,30H,6-8,10,12-14,16H2,1-5H3/b18-11-/t20-,21-,22-,24-/m1/s1. The van der Waals surface area contributed by atoms with Gasteiger partial charge in [-0.2, -0.15) is 4.39 Å². The number of ether oxygens (including phenoxy) is 3. The molecule has 2 aliphatic heterocycles. The second kappa shape index (κ2) is 11.8. The number of halogens is 1. The lowest BCUT2D eigenvalue weighted by atomic mass is 10.1. The molecule has 0 bridgehead atoms. The Morgan fingerprint density at radius 1 is 1.11 bits per heavy atom. The molecule has 0 radical (unpaired) electrons. The molecule has 0 aromatic carbocycles. The summed E-state index contributed by atoms with van der Waals surface area (Å²) in [6.07, 6.45) is 6.27. The smallest absolute Gasteiger partial charge is 0.333 e. The summed E-state index contributed by atoms with van der Waals surface area (Å²) >= 11 is 0. The van der Waals surface area contributed by atoms with Gasteiger partial charge in [-0.3, -0.25) is 13.9 Å². The first-order chi connectivity index (χ1) is 16.7. The van der Waals surface area contributed by atoms with Gasteiger partial charge in [0.05, 0.1) is 12.8 Å². The van der Waals surface area contributed by atoms with Crippen LogP contribution in [0.4, 0.5) is 4.39 Å². The number of hydrogen-bond acceptors (Lipinski definition) is 6. The van der Waals surface area contributed by atoms with Crippen molar-refractivity contribution in [2.24, 2.45) is 0 Å². The van der Waals surface area contributed by atoms with Crippen molar-refractivity contribution < 1.29 is 23.7 Å². The van der Waals surface area contributed by atoms with Crippen LogP contribution in [0, 0.1) is 5.82 Å². The van der Waals surface area contributed by atoms with Gasteiger partial charge in [0.15, 0.2) is 12.0 Å². The second-order valence-electron chi connectivity index (χ2n) is 9.78. The van der Waals surface area contributed by atoms with Crippen LogP contribution < -0.4 is 11.2 Å². The first-order valence-corrected chi connectivity index (χ1v) is 12.6. The molecule has 0 aliphatic carbocycles. The van der Waals surface area contributed by atoms with Crippen molar-refractivity contribution in [2.45, 2.75) is 110 Å². The average molecular weight is 495 g/mol. The minimum Gasteiger partial charge on any atom is -0.394 e. The Bertz CT molecular complexity index is 1050. The summed E-state index contributed by atoms with van der Waals surface area (Å²) in [4.78, 5) is 25.8. The van der Waals surface area contributed by atoms with Gasteiger partial charge in [0.1, 0.15) is 18.3 Å². The molecule has 1 aromatic heterocycles. The molecule has 4 atom stereocenters. The van der Waals surface area contributed by atoms with E-state index in [-0.39, 0.29) is 13.2 Å². The van der Waals surface area contributed by atoms with Gasteiger partial charge < -0.3 is 19.3 Å². The molecular formula is C26H39FN2O6. The van der Waals surface area contributed by atoms with Gasteiger partial charge in [-0.15, -0.1) is 0 Å². The van der Waals surface area contributed by atoms with Crippen LogP contribution in [0.1, 0.15) is 79.4 Å². The van der Waals surface area contributed by atoms with E-state index in [4.69, 9.17) is 14.2 Å². The van der Waals surface area contributed by atoms with E-state index in [0.29, 0.717) is 12.8 Å². The van der Waals surface area contributed by atoms with Crippen LogP contribution in [0.25, 0.3) is 0 Å². The lowest BCUT2D eigenvalue weighted by Crippen LogP contribution is -2.44. The van der Waals surface area contributed by atoms with E-state index in [9.17, 15) is 19.1 Å². The zero-order valence-corrected chi connectivity index (χ0v) is 21.5. The summed E-state index contributed by atoms with van der Waals surface area (Å²) in [6.45, 7) is 9.65. The van der Waals surface area contributed by atoms with Gasteiger partial charge in [-0.05, 0) is 33.6 Å². The maximum Gasteiger partial charge on any atom is 0.333 e. The quantitative estimate of drug-likeness (QED) is 0.471. The molecule has 196 valence electrons. The lowest BCUT2D eigenvalue weighted by molar-refractivity contribution is -0.227. The van der Waals surface area contributed by atoms with Crippen LogP contribution in [0.15, 0.2) is 39.1 Å². The minimum absolute atomic E-state index is 0.0483. The topological polar surface area (TPSA) is 91.9 Å². The van der Waals surface area contributed by atoms with Crippen LogP contribution in [0.2, 0.25) is 0 Å². The second-order valence-corrected chi connectivity index (χ2v) is 9.78. The van der Waals surface area contributed by atoms with Gasteiger partial charge in [-0.1, -0.05) is 50.0 Å². The molecule has 0 amide bonds. The Hall–Kier alpha value is -2.07. The van der Waals surface area contributed by atoms with E-state index in [1.54, 1.807) is 6.08 Å². The van der Waals surface area contributed by atoms with Crippen molar-refractivity contribution in [1.29, 1.82) is 0 Å². The Labute approximate surface area is 206 Å². The van der Waals surface area contributed by atoms with E-state index >= 15 is 0 Å². The number of aliphatic hydroxyl groups is 1. The van der Waals surface area contributed by atoms with Crippen LogP contribution in [0.5, 0.6) is 0 Å². The van der Waals surface area contributed by atoms with Gasteiger partial charge >= 0.3 is 5.69 Å². The number of nitrogens with zero attached hydrogens (tertiary/aromatic N) is 2. The van der Waals surface area contributed by atoms with Crippen molar-refractivity contribution in [3.05, 3.63) is 56.2 Å². The van der Waals surface area contributed by atoms with Gasteiger partial charge in [0, 0.05) is 19.4 Å². The summed E-state index contributed by atoms with van der Waals surface area (Å²) < 4.78 is 35.1. The Morgan fingerprint density at radius 3 is 2.37 bits per heavy atom. The third-order valence-electron chi connectivity index (χ3n) is 6.57. The van der Waals surface area contributed by atoms with E-state index in [1.807, 2.05) is 34.6 Å². The number of rotatable bonds is 11. The Morgan fingerprint density at radius 2 is 1.77 bits per heavy atom. The van der Waals surface area contributed by atoms with Crippen molar-refractivity contribution in [1.82, 2.24) is 9.13 Å². The molecule has 3 heterocycles. The highest BCUT2D eigenvalue weighted by Gasteiger charge is 2.58. The van der Waals surface area contributed by atoms with Gasteiger partial charge in [0.25, 0.3) is 5.56 Å². The number of allylic oxidation sites excluding steroid dienone is 4. The number of hydrogen-bond donors (Lipinski definition) is 1. The fourth-order valence-electron chi connectivity index (χ4n) is 4.86. The summed E-state index contributed by atoms with van der Waals surface area (Å²) in [5, 5.41) is 9.89. The molecule has 1 N–H and O–H groups in total. The number of aromatic nitrogens is 2. The predicted molar refractivity (Wildman–Crippen MR) is 131 cm³/mol. The molecule has 0 saturated carbocycles. The largest absolute Gasteiger partial charge is 0.394 e. The first-order valence-electron chi connectivity index (χ1n) is 12.6. The molecular weight excluding hydrogens is 455 g/mol. The SMILES string of the molecule is CCCC1(CCC)O[C@@H]2[C@H](O1)[C@@H](CO)O[C@H]2n1cc(F)c(=O)n(C/C=C(/C)CCC=C(C)C)c1=O. The lowest BCUT2D eigenvalue weighted by Gasteiger charge is -2.31. The molecule has 0 unspecified atom stereocenters. The van der Waals surface area contributed by atoms with Crippen LogP contribution in [-0.2, 0) is 20.8 Å². The van der Waals surface area contributed by atoms with Crippen molar-refractivity contribution in [2.75, 3.05) is 6.61 Å². The van der Waals surface area contributed by atoms with E-state index < -0.39 is 47.4 Å². The zero-order valence-electron chi connectivity index (χ0n) is 21.5. The molecule has 1 aromatic rings. The van der Waals surface area contributed by atoms with Gasteiger partial charge in [-0.25, -0.2) is 4.79 Å². The highest BCUT2D eigenvalue weighted by atomic mass is 19.1.